The largest absolute Gasteiger partial charge is 0.481 e. The number of nitrogens with zero attached hydrogens (tertiary/aromatic N) is 2. The molecule has 4 aliphatic rings. The lowest BCUT2D eigenvalue weighted by molar-refractivity contribution is -0.142. The van der Waals surface area contributed by atoms with Crippen LogP contribution < -0.4 is 11.1 Å². The van der Waals surface area contributed by atoms with Crippen LogP contribution in [0.2, 0.25) is 20.1 Å². The highest BCUT2D eigenvalue weighted by atomic mass is 35.5. The smallest absolute Gasteiger partial charge is 0.307 e. The Labute approximate surface area is 328 Å². The molecule has 0 spiro atoms. The van der Waals surface area contributed by atoms with Crippen molar-refractivity contribution in [1.82, 2.24) is 13.9 Å². The summed E-state index contributed by atoms with van der Waals surface area (Å²) in [5.74, 6) is -2.00. The molecule has 2 saturated heterocycles. The fourth-order valence-electron chi connectivity index (χ4n) is 6.73. The summed E-state index contributed by atoms with van der Waals surface area (Å²) in [6.07, 6.45) is 11.9. The van der Waals surface area contributed by atoms with Crippen LogP contribution >= 0.6 is 46.4 Å². The Hall–Kier alpha value is -1.68. The maximum absolute atomic E-state index is 12.9. The van der Waals surface area contributed by atoms with Gasteiger partial charge in [-0.15, -0.1) is 0 Å². The molecule has 2 aromatic carbocycles. The molecule has 2 aliphatic heterocycles. The van der Waals surface area contributed by atoms with Crippen molar-refractivity contribution < 1.29 is 31.5 Å². The van der Waals surface area contributed by atoms with Gasteiger partial charge in [0.05, 0.1) is 21.9 Å². The lowest BCUT2D eigenvalue weighted by atomic mass is 9.98. The van der Waals surface area contributed by atoms with E-state index < -0.39 is 31.9 Å². The van der Waals surface area contributed by atoms with Crippen LogP contribution in [-0.2, 0) is 29.6 Å². The molecule has 0 radical (unpaired) electrons. The van der Waals surface area contributed by atoms with E-state index in [9.17, 15) is 26.4 Å². The van der Waals surface area contributed by atoms with Gasteiger partial charge in [-0.1, -0.05) is 79.5 Å². The van der Waals surface area contributed by atoms with E-state index in [1.165, 1.54) is 70.7 Å². The quantitative estimate of drug-likeness (QED) is 0.258. The van der Waals surface area contributed by atoms with Gasteiger partial charge >= 0.3 is 5.97 Å². The second-order valence-electron chi connectivity index (χ2n) is 13.4. The van der Waals surface area contributed by atoms with Crippen molar-refractivity contribution in [1.29, 1.82) is 0 Å². The zero-order valence-corrected chi connectivity index (χ0v) is 32.9. The molecule has 2 saturated carbocycles. The first-order chi connectivity index (χ1) is 24.1. The van der Waals surface area contributed by atoms with Gasteiger partial charge in [0.2, 0.25) is 26.0 Å². The maximum atomic E-state index is 12.9. The molecular weight excluding hydrogens is 794 g/mol. The minimum Gasteiger partial charge on any atom is -0.481 e. The summed E-state index contributed by atoms with van der Waals surface area (Å²) in [5.41, 5.74) is 5.53. The summed E-state index contributed by atoms with van der Waals surface area (Å²) < 4.78 is 53.3. The highest BCUT2D eigenvalue weighted by Crippen LogP contribution is 2.32. The van der Waals surface area contributed by atoms with E-state index in [1.807, 2.05) is 0 Å². The van der Waals surface area contributed by atoms with Gasteiger partial charge in [0.25, 0.3) is 0 Å². The predicted octanol–water partition coefficient (Wildman–Crippen LogP) is 7.46. The monoisotopic (exact) mass is 842 g/mol. The number of benzene rings is 2. The number of aliphatic carboxylic acids is 1. The van der Waals surface area contributed by atoms with Crippen molar-refractivity contribution in [3.63, 3.8) is 0 Å². The first kappa shape index (κ1) is 44.7. The van der Waals surface area contributed by atoms with Crippen LogP contribution in [-0.4, -0.2) is 80.7 Å². The van der Waals surface area contributed by atoms with Crippen molar-refractivity contribution in [3.8, 4) is 0 Å². The van der Waals surface area contributed by atoms with Crippen LogP contribution in [0.5, 0.6) is 0 Å². The predicted molar refractivity (Wildman–Crippen MR) is 207 cm³/mol. The second-order valence-corrected chi connectivity index (χ2v) is 18.9. The van der Waals surface area contributed by atoms with Gasteiger partial charge in [0.15, 0.2) is 0 Å². The lowest BCUT2D eigenvalue weighted by Gasteiger charge is -2.32. The first-order valence-corrected chi connectivity index (χ1v) is 21.7. The molecule has 0 unspecified atom stereocenters. The number of piperidine rings is 2. The topological polar surface area (TPSA) is 167 Å². The fraction of sp³-hybridized carbons (Fsp3) is 0.600. The minimum absolute atomic E-state index is 0. The van der Waals surface area contributed by atoms with Crippen LogP contribution in [0.15, 0.2) is 46.2 Å². The number of halogens is 4. The van der Waals surface area contributed by atoms with E-state index in [0.29, 0.717) is 54.9 Å². The summed E-state index contributed by atoms with van der Waals surface area (Å²) in [4.78, 5) is 23.5. The number of amides is 1. The molecule has 2 aromatic rings. The van der Waals surface area contributed by atoms with Gasteiger partial charge in [-0.25, -0.2) is 16.8 Å². The van der Waals surface area contributed by atoms with Crippen molar-refractivity contribution >= 4 is 78.3 Å². The molecule has 4 fully saturated rings. The minimum atomic E-state index is -3.80. The number of sulfonamides is 2. The van der Waals surface area contributed by atoms with Crippen LogP contribution in [0.3, 0.4) is 0 Å². The Morgan fingerprint density at radius 3 is 1.50 bits per heavy atom. The van der Waals surface area contributed by atoms with Crippen molar-refractivity contribution in [2.45, 2.75) is 106 Å². The second kappa shape index (κ2) is 20.3. The molecule has 2 aliphatic carbocycles. The normalized spacial score (nSPS) is 21.9. The van der Waals surface area contributed by atoms with Gasteiger partial charge < -0.3 is 16.2 Å². The Morgan fingerprint density at radius 1 is 0.673 bits per heavy atom. The molecule has 4 N–H and O–H groups in total. The fourth-order valence-corrected chi connectivity index (χ4v) is 11.3. The number of rotatable bonds is 7. The third kappa shape index (κ3) is 12.2. The van der Waals surface area contributed by atoms with E-state index in [-0.39, 0.29) is 58.2 Å². The highest BCUT2D eigenvalue weighted by molar-refractivity contribution is 7.89. The van der Waals surface area contributed by atoms with Gasteiger partial charge in [0, 0.05) is 48.3 Å². The number of carboxylic acids is 1. The van der Waals surface area contributed by atoms with Gasteiger partial charge in [-0.05, 0) is 87.8 Å². The molecule has 11 nitrogen and oxygen atoms in total. The highest BCUT2D eigenvalue weighted by Gasteiger charge is 2.36. The van der Waals surface area contributed by atoms with Gasteiger partial charge in [-0.2, -0.15) is 8.61 Å². The number of hydrogen-bond acceptors (Lipinski definition) is 7. The summed E-state index contributed by atoms with van der Waals surface area (Å²) in [6, 6.07) is 9.27. The summed E-state index contributed by atoms with van der Waals surface area (Å²) in [6.45, 7) is 0.857. The molecule has 0 aromatic heterocycles. The third-order valence-electron chi connectivity index (χ3n) is 9.61. The Bertz CT molecular complexity index is 1740. The standard InChI is InChI=1S/C17H22Cl2N2O3S.C12H13Cl2NO4S.C5H11N.CH4/c18-13-7-8-16(15(19)10-13)25(23,24)21-9-3-4-12(11-21)17(22)20-14-5-1-2-6-14;13-9-3-4-11(10(14)6-9)20(18,19)15-5-1-2-8(7-15)12(16)17;6-5-3-1-2-4-5;/h7-8,10,12,14H,1-6,9,11H2,(H,20,22);3-4,6,8H,1-2,5,7H2,(H,16,17);5H,1-4,6H2;1H4/t12-;8-;;/m00../s1. The average molecular weight is 845 g/mol. The third-order valence-corrected chi connectivity index (χ3v) is 14.8. The Kier molecular flexibility index (Phi) is 17.5. The van der Waals surface area contributed by atoms with Crippen molar-refractivity contribution in [2.75, 3.05) is 26.2 Å². The van der Waals surface area contributed by atoms with E-state index in [4.69, 9.17) is 57.2 Å². The SMILES string of the molecule is C.NC1CCCC1.O=C(NC1CCCC1)[C@H]1CCCN(S(=O)(=O)c2ccc(Cl)cc2Cl)C1.O=C(O)[C@H]1CCCN(S(=O)(=O)c2ccc(Cl)cc2Cl)C1. The van der Waals surface area contributed by atoms with E-state index in [1.54, 1.807) is 0 Å². The number of nitrogens with one attached hydrogen (secondary N) is 1. The van der Waals surface area contributed by atoms with Gasteiger partial charge in [0.1, 0.15) is 9.79 Å². The molecule has 52 heavy (non-hydrogen) atoms. The van der Waals surface area contributed by atoms with Gasteiger partial charge in [-0.3, -0.25) is 9.59 Å². The zero-order chi connectivity index (χ0) is 37.3. The van der Waals surface area contributed by atoms with Crippen LogP contribution in [0.25, 0.3) is 0 Å². The first-order valence-electron chi connectivity index (χ1n) is 17.3. The number of carbonyl (C=O) groups excluding carboxylic acids is 1. The number of carboxylic acid groups (broad SMARTS) is 1. The van der Waals surface area contributed by atoms with E-state index in [2.05, 4.69) is 5.32 Å². The molecule has 6 rings (SSSR count). The van der Waals surface area contributed by atoms with E-state index in [0.717, 1.165) is 25.7 Å². The molecular formula is C35H50Cl4N4O7S2. The summed E-state index contributed by atoms with van der Waals surface area (Å²) in [7, 11) is -7.54. The van der Waals surface area contributed by atoms with Crippen LogP contribution in [0, 0.1) is 11.8 Å². The Balaban J connectivity index is 0.000000241. The summed E-state index contributed by atoms with van der Waals surface area (Å²) in [5, 5.41) is 13.0. The molecule has 2 heterocycles. The number of carbonyl (C=O) groups is 2. The molecule has 2 atom stereocenters. The maximum Gasteiger partial charge on any atom is 0.307 e. The molecule has 292 valence electrons. The van der Waals surface area contributed by atoms with Crippen molar-refractivity contribution in [2.24, 2.45) is 17.6 Å². The van der Waals surface area contributed by atoms with Crippen molar-refractivity contribution in [3.05, 3.63) is 56.5 Å². The molecule has 0 bridgehead atoms. The number of hydrogen-bond donors (Lipinski definition) is 3. The average Bonchev–Trinajstić information content (AvgIpc) is 3.79. The molecule has 17 heteroatoms. The lowest BCUT2D eigenvalue weighted by Crippen LogP contribution is -2.47. The van der Waals surface area contributed by atoms with Crippen LogP contribution in [0.4, 0.5) is 0 Å². The summed E-state index contributed by atoms with van der Waals surface area (Å²) >= 11 is 23.6. The number of nitrogens with two attached hydrogens (primary N) is 1. The van der Waals surface area contributed by atoms with Crippen LogP contribution in [0.1, 0.15) is 84.5 Å². The molecule has 1 amide bonds. The van der Waals surface area contributed by atoms with E-state index >= 15 is 0 Å². The zero-order valence-electron chi connectivity index (χ0n) is 28.3. The Morgan fingerprint density at radius 2 is 1.10 bits per heavy atom.